The second-order valence-electron chi connectivity index (χ2n) is 1.000. The summed E-state index contributed by atoms with van der Waals surface area (Å²) in [4.78, 5) is 0. The Morgan fingerprint density at radius 3 is 1.00 bits per heavy atom. The topological polar surface area (TPSA) is 0 Å². The van der Waals surface area contributed by atoms with Crippen molar-refractivity contribution in [3.05, 3.63) is 13.8 Å². The molecule has 0 fully saturated rings. The molecule has 0 amide bonds. The van der Waals surface area contributed by atoms with Crippen molar-refractivity contribution in [2.45, 2.75) is 26.7 Å². The van der Waals surface area contributed by atoms with E-state index in [0.717, 1.165) is 12.8 Å². The molecule has 0 saturated heterocycles. The molecule has 0 aromatic rings. The van der Waals surface area contributed by atoms with Crippen molar-refractivity contribution in [2.75, 3.05) is 0 Å². The SMILES string of the molecule is [Au].[CH2-]CC.[CH2-]CC. The number of hydrogen-bond donors (Lipinski definition) is 0. The Balaban J connectivity index is -0.0000000400. The average Bonchev–Trinajstić information content (AvgIpc) is 1.39. The fourth-order valence-corrected chi connectivity index (χ4v) is 0. The molecule has 51 valence electrons. The summed E-state index contributed by atoms with van der Waals surface area (Å²) in [7, 11) is 0. The van der Waals surface area contributed by atoms with Crippen molar-refractivity contribution in [1.82, 2.24) is 0 Å². The van der Waals surface area contributed by atoms with Gasteiger partial charge < -0.3 is 13.8 Å². The van der Waals surface area contributed by atoms with E-state index < -0.39 is 0 Å². The van der Waals surface area contributed by atoms with Crippen molar-refractivity contribution in [2.24, 2.45) is 0 Å². The van der Waals surface area contributed by atoms with Crippen LogP contribution in [0, 0.1) is 13.8 Å². The molecule has 0 aliphatic heterocycles. The van der Waals surface area contributed by atoms with E-state index in [1.54, 1.807) is 0 Å². The van der Waals surface area contributed by atoms with Crippen LogP contribution >= 0.6 is 0 Å². The fraction of sp³-hybridized carbons (Fsp3) is 0.667. The van der Waals surface area contributed by atoms with Crippen molar-refractivity contribution in [3.63, 3.8) is 0 Å². The Labute approximate surface area is 63.2 Å². The van der Waals surface area contributed by atoms with Crippen LogP contribution in [-0.4, -0.2) is 0 Å². The third-order valence-electron chi connectivity index (χ3n) is 0. The zero-order valence-corrected chi connectivity index (χ0v) is 7.30. The second kappa shape index (κ2) is 29.6. The molecule has 0 heterocycles. The first kappa shape index (κ1) is 15.6. The Hall–Kier alpha value is 0.740. The summed E-state index contributed by atoms with van der Waals surface area (Å²) in [6, 6.07) is 0. The number of hydrogen-bond acceptors (Lipinski definition) is 0. The molecule has 0 bridgehead atoms. The average molecular weight is 283 g/mol. The van der Waals surface area contributed by atoms with E-state index in [4.69, 9.17) is 0 Å². The molecule has 0 unspecified atom stereocenters. The van der Waals surface area contributed by atoms with Gasteiger partial charge in [0.15, 0.2) is 0 Å². The van der Waals surface area contributed by atoms with Crippen LogP contribution in [0.15, 0.2) is 0 Å². The van der Waals surface area contributed by atoms with Gasteiger partial charge in [0, 0.05) is 22.4 Å². The van der Waals surface area contributed by atoms with Gasteiger partial charge in [-0.25, -0.2) is 0 Å². The largest absolute Gasteiger partial charge is 0.344 e. The molecule has 1 heteroatoms. The van der Waals surface area contributed by atoms with Crippen LogP contribution in [0.2, 0.25) is 0 Å². The third-order valence-corrected chi connectivity index (χ3v) is 0. The van der Waals surface area contributed by atoms with E-state index in [1.807, 2.05) is 13.8 Å². The maximum atomic E-state index is 3.49. The van der Waals surface area contributed by atoms with E-state index in [0.29, 0.717) is 0 Å². The maximum absolute atomic E-state index is 3.49. The first-order valence-electron chi connectivity index (χ1n) is 2.41. The van der Waals surface area contributed by atoms with Crippen LogP contribution in [0.1, 0.15) is 26.7 Å². The summed E-state index contributed by atoms with van der Waals surface area (Å²) in [6.07, 6.45) is 2.00. The quantitative estimate of drug-likeness (QED) is 0.473. The van der Waals surface area contributed by atoms with Gasteiger partial charge in [0.1, 0.15) is 0 Å². The molecule has 0 nitrogen and oxygen atoms in total. The Morgan fingerprint density at radius 1 is 1.00 bits per heavy atom. The molecular weight excluding hydrogens is 269 g/mol. The zero-order chi connectivity index (χ0) is 5.41. The van der Waals surface area contributed by atoms with Crippen LogP contribution < -0.4 is 0 Å². The molecule has 0 saturated carbocycles. The molecule has 0 spiro atoms. The van der Waals surface area contributed by atoms with E-state index in [2.05, 4.69) is 13.8 Å². The summed E-state index contributed by atoms with van der Waals surface area (Å²) in [5.41, 5.74) is 0. The Morgan fingerprint density at radius 2 is 1.00 bits per heavy atom. The molecule has 0 aliphatic rings. The van der Waals surface area contributed by atoms with Gasteiger partial charge in [0.2, 0.25) is 0 Å². The van der Waals surface area contributed by atoms with Gasteiger partial charge in [0.25, 0.3) is 0 Å². The van der Waals surface area contributed by atoms with Crippen LogP contribution in [0.25, 0.3) is 0 Å². The van der Waals surface area contributed by atoms with Crippen molar-refractivity contribution in [3.8, 4) is 0 Å². The van der Waals surface area contributed by atoms with Gasteiger partial charge in [-0.1, -0.05) is 13.8 Å². The summed E-state index contributed by atoms with van der Waals surface area (Å²) in [5.74, 6) is 0. The molecule has 0 atom stereocenters. The predicted molar refractivity (Wildman–Crippen MR) is 31.3 cm³/mol. The van der Waals surface area contributed by atoms with E-state index >= 15 is 0 Å². The van der Waals surface area contributed by atoms with Crippen LogP contribution in [0.5, 0.6) is 0 Å². The van der Waals surface area contributed by atoms with Gasteiger partial charge >= 0.3 is 0 Å². The van der Waals surface area contributed by atoms with Gasteiger partial charge in [-0.05, 0) is 0 Å². The Bertz CT molecular complexity index is 6.14. The zero-order valence-electron chi connectivity index (χ0n) is 5.13. The van der Waals surface area contributed by atoms with Crippen molar-refractivity contribution >= 4 is 0 Å². The minimum Gasteiger partial charge on any atom is -0.344 e. The molecule has 0 aliphatic carbocycles. The summed E-state index contributed by atoms with van der Waals surface area (Å²) >= 11 is 0. The van der Waals surface area contributed by atoms with Crippen LogP contribution in [0.3, 0.4) is 0 Å². The molecule has 0 N–H and O–H groups in total. The van der Waals surface area contributed by atoms with E-state index in [1.165, 1.54) is 0 Å². The molecule has 0 aromatic carbocycles. The van der Waals surface area contributed by atoms with Gasteiger partial charge in [-0.2, -0.15) is 12.8 Å². The first-order chi connectivity index (χ1) is 2.83. The summed E-state index contributed by atoms with van der Waals surface area (Å²) < 4.78 is 0. The van der Waals surface area contributed by atoms with Crippen molar-refractivity contribution < 1.29 is 22.4 Å². The van der Waals surface area contributed by atoms with Gasteiger partial charge in [-0.3, -0.25) is 0 Å². The second-order valence-corrected chi connectivity index (χ2v) is 1.000. The monoisotopic (exact) mass is 283 g/mol. The fourth-order valence-electron chi connectivity index (χ4n) is 0. The van der Waals surface area contributed by atoms with Crippen molar-refractivity contribution in [1.29, 1.82) is 0 Å². The minimum absolute atomic E-state index is 0. The van der Waals surface area contributed by atoms with Gasteiger partial charge in [0.05, 0.1) is 0 Å². The molecule has 7 heavy (non-hydrogen) atoms. The summed E-state index contributed by atoms with van der Waals surface area (Å²) in [6.45, 7) is 11.0. The summed E-state index contributed by atoms with van der Waals surface area (Å²) in [5, 5.41) is 0. The van der Waals surface area contributed by atoms with Crippen LogP contribution in [-0.2, 0) is 22.4 Å². The Kier molecular flexibility index (Phi) is 66.1. The predicted octanol–water partition coefficient (Wildman–Crippen LogP) is 2.46. The standard InChI is InChI=1S/2C3H7.Au/c2*1-3-2;/h2*1,3H2,2H3;/q2*-1;. The van der Waals surface area contributed by atoms with E-state index in [-0.39, 0.29) is 22.4 Å². The first-order valence-corrected chi connectivity index (χ1v) is 2.41. The van der Waals surface area contributed by atoms with Crippen LogP contribution in [0.4, 0.5) is 0 Å². The third kappa shape index (κ3) is 276. The minimum atomic E-state index is 0. The smallest absolute Gasteiger partial charge is 0 e. The van der Waals surface area contributed by atoms with Gasteiger partial charge in [-0.15, -0.1) is 0 Å². The maximum Gasteiger partial charge on any atom is 0 e. The molecular formula is C6H14Au-2. The van der Waals surface area contributed by atoms with E-state index in [9.17, 15) is 0 Å². The molecule has 0 rings (SSSR count). The molecule has 0 aromatic heterocycles. The number of rotatable bonds is 0. The normalized spacial score (nSPS) is 5.14. The molecule has 1 radical (unpaired) electrons.